The van der Waals surface area contributed by atoms with E-state index in [4.69, 9.17) is 0 Å². The fraction of sp³-hybridized carbons (Fsp3) is 0.300. The summed E-state index contributed by atoms with van der Waals surface area (Å²) in [5.74, 6) is -0.309. The molecule has 2 heterocycles. The first-order valence-electron chi connectivity index (χ1n) is 8.85. The summed E-state index contributed by atoms with van der Waals surface area (Å²) in [4.78, 5) is 41.1. The van der Waals surface area contributed by atoms with Crippen LogP contribution in [0.4, 0.5) is 0 Å². The maximum atomic E-state index is 12.4. The molecular formula is C20H22N4O3. The highest BCUT2D eigenvalue weighted by atomic mass is 16.2. The van der Waals surface area contributed by atoms with E-state index in [1.807, 2.05) is 37.3 Å². The van der Waals surface area contributed by atoms with Crippen LogP contribution in [0.1, 0.15) is 18.9 Å². The number of hydrogen-bond acceptors (Lipinski definition) is 4. The highest BCUT2D eigenvalue weighted by Crippen LogP contribution is 2.07. The fourth-order valence-electron chi connectivity index (χ4n) is 3.04. The first kappa shape index (κ1) is 18.6. The maximum Gasteiger partial charge on any atom is 0.317 e. The second-order valence-electron chi connectivity index (χ2n) is 6.59. The van der Waals surface area contributed by atoms with E-state index in [1.165, 1.54) is 21.7 Å². The van der Waals surface area contributed by atoms with Gasteiger partial charge >= 0.3 is 11.1 Å². The quantitative estimate of drug-likeness (QED) is 0.665. The average Bonchev–Trinajstić information content (AvgIpc) is 2.69. The minimum Gasteiger partial charge on any atom is -0.352 e. The average molecular weight is 366 g/mol. The minimum absolute atomic E-state index is 0.0515. The number of nitrogens with zero attached hydrogens (tertiary/aromatic N) is 3. The summed E-state index contributed by atoms with van der Waals surface area (Å²) in [6.07, 6.45) is 3.17. The van der Waals surface area contributed by atoms with Crippen molar-refractivity contribution in [1.82, 2.24) is 19.4 Å². The van der Waals surface area contributed by atoms with E-state index in [2.05, 4.69) is 10.3 Å². The molecule has 0 bridgehead atoms. The topological polar surface area (TPSA) is 86.0 Å². The molecule has 1 N–H and O–H groups in total. The Balaban J connectivity index is 1.73. The molecule has 1 amide bonds. The molecule has 7 heteroatoms. The summed E-state index contributed by atoms with van der Waals surface area (Å²) >= 11 is 0. The molecule has 0 saturated heterocycles. The van der Waals surface area contributed by atoms with Crippen molar-refractivity contribution in [3.05, 3.63) is 74.9 Å². The number of fused-ring (bicyclic) bond motifs is 1. The van der Waals surface area contributed by atoms with Crippen LogP contribution < -0.4 is 16.4 Å². The third kappa shape index (κ3) is 4.13. The molecule has 7 nitrogen and oxygen atoms in total. The number of pyridine rings is 1. The summed E-state index contributed by atoms with van der Waals surface area (Å²) < 4.78 is 2.39. The van der Waals surface area contributed by atoms with Crippen molar-refractivity contribution in [3.63, 3.8) is 0 Å². The molecule has 140 valence electrons. The normalized spacial score (nSPS) is 12.1. The molecule has 0 spiro atoms. The second-order valence-corrected chi connectivity index (χ2v) is 6.59. The highest BCUT2D eigenvalue weighted by Gasteiger charge is 2.15. The molecule has 0 radical (unpaired) electrons. The van der Waals surface area contributed by atoms with Crippen molar-refractivity contribution >= 4 is 17.1 Å². The Kier molecular flexibility index (Phi) is 5.49. The van der Waals surface area contributed by atoms with E-state index in [-0.39, 0.29) is 18.5 Å². The number of aryl methyl sites for hydroxylation is 2. The van der Waals surface area contributed by atoms with Crippen LogP contribution in [-0.4, -0.2) is 26.1 Å². The molecule has 3 aromatic rings. The van der Waals surface area contributed by atoms with Gasteiger partial charge in [-0.05, 0) is 37.5 Å². The predicted molar refractivity (Wildman–Crippen MR) is 104 cm³/mol. The van der Waals surface area contributed by atoms with E-state index in [9.17, 15) is 14.4 Å². The first-order chi connectivity index (χ1) is 13.0. The molecule has 0 aliphatic carbocycles. The zero-order valence-electron chi connectivity index (χ0n) is 15.4. The molecular weight excluding hydrogens is 344 g/mol. The molecule has 2 aromatic heterocycles. The van der Waals surface area contributed by atoms with E-state index in [1.54, 1.807) is 18.3 Å². The van der Waals surface area contributed by atoms with Crippen molar-refractivity contribution in [2.24, 2.45) is 7.05 Å². The Labute approximate surface area is 156 Å². The van der Waals surface area contributed by atoms with Gasteiger partial charge in [-0.25, -0.2) is 4.98 Å². The first-order valence-corrected chi connectivity index (χ1v) is 8.85. The van der Waals surface area contributed by atoms with Crippen LogP contribution >= 0.6 is 0 Å². The number of hydrogen-bond donors (Lipinski definition) is 1. The lowest BCUT2D eigenvalue weighted by molar-refractivity contribution is -0.122. The molecule has 27 heavy (non-hydrogen) atoms. The Bertz CT molecular complexity index is 1070. The van der Waals surface area contributed by atoms with Gasteiger partial charge in [0.05, 0.1) is 5.52 Å². The summed E-state index contributed by atoms with van der Waals surface area (Å²) in [5, 5.41) is 2.90. The van der Waals surface area contributed by atoms with Gasteiger partial charge in [-0.1, -0.05) is 30.3 Å². The van der Waals surface area contributed by atoms with Gasteiger partial charge in [0.1, 0.15) is 6.54 Å². The zero-order chi connectivity index (χ0) is 19.4. The van der Waals surface area contributed by atoms with Crippen molar-refractivity contribution < 1.29 is 4.79 Å². The standard InChI is InChI=1S/C20H22N4O3/c1-14(10-11-15-7-4-3-5-8-15)22-17(25)13-24-16-9-6-12-21-18(16)23(2)19(26)20(24)27/h3-9,12,14H,10-11,13H2,1-2H3,(H,22,25)/t14-/m1/s1. The van der Waals surface area contributed by atoms with Crippen molar-refractivity contribution in [2.45, 2.75) is 32.4 Å². The summed E-state index contributed by atoms with van der Waals surface area (Å²) in [6, 6.07) is 13.3. The van der Waals surface area contributed by atoms with Crippen LogP contribution in [0.2, 0.25) is 0 Å². The van der Waals surface area contributed by atoms with Crippen LogP contribution in [-0.2, 0) is 24.8 Å². The van der Waals surface area contributed by atoms with Crippen LogP contribution in [0, 0.1) is 0 Å². The van der Waals surface area contributed by atoms with Crippen molar-refractivity contribution in [2.75, 3.05) is 0 Å². The predicted octanol–water partition coefficient (Wildman–Crippen LogP) is 1.23. The molecule has 1 aromatic carbocycles. The Morgan fingerprint density at radius 3 is 2.59 bits per heavy atom. The summed E-state index contributed by atoms with van der Waals surface area (Å²) in [5.41, 5.74) is 0.596. The van der Waals surface area contributed by atoms with Crippen molar-refractivity contribution in [3.8, 4) is 0 Å². The zero-order valence-corrected chi connectivity index (χ0v) is 15.4. The Morgan fingerprint density at radius 1 is 1.11 bits per heavy atom. The Morgan fingerprint density at radius 2 is 1.85 bits per heavy atom. The highest BCUT2D eigenvalue weighted by molar-refractivity contribution is 5.79. The third-order valence-corrected chi connectivity index (χ3v) is 4.53. The van der Waals surface area contributed by atoms with Gasteiger partial charge < -0.3 is 5.32 Å². The number of carbonyl (C=O) groups is 1. The molecule has 3 rings (SSSR count). The second kappa shape index (κ2) is 7.99. The number of rotatable bonds is 6. The van der Waals surface area contributed by atoms with Gasteiger partial charge in [-0.15, -0.1) is 0 Å². The van der Waals surface area contributed by atoms with E-state index in [0.29, 0.717) is 11.2 Å². The lowest BCUT2D eigenvalue weighted by Crippen LogP contribution is -2.44. The smallest absolute Gasteiger partial charge is 0.317 e. The van der Waals surface area contributed by atoms with Gasteiger partial charge in [0, 0.05) is 19.3 Å². The van der Waals surface area contributed by atoms with Crippen LogP contribution in [0.3, 0.4) is 0 Å². The van der Waals surface area contributed by atoms with Crippen LogP contribution in [0.15, 0.2) is 58.3 Å². The van der Waals surface area contributed by atoms with Gasteiger partial charge in [0.15, 0.2) is 5.65 Å². The number of aromatic nitrogens is 3. The third-order valence-electron chi connectivity index (χ3n) is 4.53. The minimum atomic E-state index is -0.731. The number of benzene rings is 1. The number of amides is 1. The van der Waals surface area contributed by atoms with Crippen LogP contribution in [0.25, 0.3) is 11.2 Å². The summed E-state index contributed by atoms with van der Waals surface area (Å²) in [6.45, 7) is 1.71. The van der Waals surface area contributed by atoms with Gasteiger partial charge in [0.25, 0.3) is 0 Å². The lowest BCUT2D eigenvalue weighted by Gasteiger charge is -2.16. The summed E-state index contributed by atoms with van der Waals surface area (Å²) in [7, 11) is 1.50. The van der Waals surface area contributed by atoms with Crippen LogP contribution in [0.5, 0.6) is 0 Å². The lowest BCUT2D eigenvalue weighted by atomic mass is 10.1. The maximum absolute atomic E-state index is 12.4. The van der Waals surface area contributed by atoms with Gasteiger partial charge in [-0.2, -0.15) is 0 Å². The van der Waals surface area contributed by atoms with Crippen molar-refractivity contribution in [1.29, 1.82) is 0 Å². The molecule has 0 unspecified atom stereocenters. The molecule has 1 atom stereocenters. The van der Waals surface area contributed by atoms with E-state index < -0.39 is 11.1 Å². The van der Waals surface area contributed by atoms with E-state index in [0.717, 1.165) is 12.8 Å². The van der Waals surface area contributed by atoms with E-state index >= 15 is 0 Å². The molecule has 0 aliphatic heterocycles. The molecule has 0 saturated carbocycles. The van der Waals surface area contributed by atoms with Gasteiger partial charge in [0.2, 0.25) is 5.91 Å². The molecule has 0 aliphatic rings. The largest absolute Gasteiger partial charge is 0.352 e. The Hall–Kier alpha value is -3.22. The number of carbonyl (C=O) groups excluding carboxylic acids is 1. The van der Waals surface area contributed by atoms with Gasteiger partial charge in [-0.3, -0.25) is 23.5 Å². The fourth-order valence-corrected chi connectivity index (χ4v) is 3.04. The monoisotopic (exact) mass is 366 g/mol. The number of nitrogens with one attached hydrogen (secondary N) is 1. The molecule has 0 fully saturated rings. The SMILES string of the molecule is C[C@H](CCc1ccccc1)NC(=O)Cn1c(=O)c(=O)n(C)c2ncccc21.